The van der Waals surface area contributed by atoms with Gasteiger partial charge in [-0.15, -0.1) is 0 Å². The topological polar surface area (TPSA) is 37.8 Å². The standard InChI is InChI=1S/C9H14ClN3S/c1-7(4-6-14-2)12-8-3-5-11-9(10)13-8/h3,5,7H,4,6H2,1-2H3,(H,11,12,13). The molecular formula is C9H14ClN3S. The first-order valence-electron chi connectivity index (χ1n) is 4.46. The largest absolute Gasteiger partial charge is 0.367 e. The summed E-state index contributed by atoms with van der Waals surface area (Å²) in [6, 6.07) is 2.23. The molecule has 1 atom stereocenters. The van der Waals surface area contributed by atoms with E-state index >= 15 is 0 Å². The molecule has 0 aliphatic heterocycles. The number of hydrogen-bond donors (Lipinski definition) is 1. The summed E-state index contributed by atoms with van der Waals surface area (Å²) in [7, 11) is 0. The quantitative estimate of drug-likeness (QED) is 0.791. The Kier molecular flexibility index (Phi) is 5.04. The zero-order valence-corrected chi connectivity index (χ0v) is 9.90. The van der Waals surface area contributed by atoms with Crippen molar-refractivity contribution in [3.8, 4) is 0 Å². The fourth-order valence-corrected chi connectivity index (χ4v) is 1.77. The van der Waals surface area contributed by atoms with Crippen molar-refractivity contribution in [2.45, 2.75) is 19.4 Å². The van der Waals surface area contributed by atoms with Crippen LogP contribution in [0.2, 0.25) is 5.28 Å². The summed E-state index contributed by atoms with van der Waals surface area (Å²) in [6.45, 7) is 2.13. The van der Waals surface area contributed by atoms with E-state index in [0.717, 1.165) is 18.0 Å². The third-order valence-corrected chi connectivity index (χ3v) is 2.60. The van der Waals surface area contributed by atoms with E-state index in [-0.39, 0.29) is 5.28 Å². The maximum absolute atomic E-state index is 5.67. The van der Waals surface area contributed by atoms with Crippen LogP contribution in [0.4, 0.5) is 5.82 Å². The van der Waals surface area contributed by atoms with Crippen molar-refractivity contribution < 1.29 is 0 Å². The molecule has 0 aromatic carbocycles. The molecule has 1 aromatic heterocycles. The zero-order chi connectivity index (χ0) is 10.4. The second-order valence-corrected chi connectivity index (χ2v) is 4.36. The average molecular weight is 232 g/mol. The van der Waals surface area contributed by atoms with Crippen molar-refractivity contribution in [2.24, 2.45) is 0 Å². The second-order valence-electron chi connectivity index (χ2n) is 3.04. The number of hydrogen-bond acceptors (Lipinski definition) is 4. The summed E-state index contributed by atoms with van der Waals surface area (Å²) in [6.07, 6.45) is 4.87. The van der Waals surface area contributed by atoms with E-state index in [1.165, 1.54) is 0 Å². The third kappa shape index (κ3) is 4.15. The minimum absolute atomic E-state index is 0.284. The lowest BCUT2D eigenvalue weighted by atomic mass is 10.2. The molecule has 0 aliphatic carbocycles. The molecule has 1 rings (SSSR count). The number of nitrogens with zero attached hydrogens (tertiary/aromatic N) is 2. The van der Waals surface area contributed by atoms with Gasteiger partial charge in [0.05, 0.1) is 0 Å². The minimum atomic E-state index is 0.284. The Hall–Kier alpha value is -0.480. The van der Waals surface area contributed by atoms with Crippen LogP contribution in [0, 0.1) is 0 Å². The summed E-state index contributed by atoms with van der Waals surface area (Å²) < 4.78 is 0. The van der Waals surface area contributed by atoms with Crippen LogP contribution in [0.3, 0.4) is 0 Å². The summed E-state index contributed by atoms with van der Waals surface area (Å²) in [5.41, 5.74) is 0. The predicted molar refractivity (Wildman–Crippen MR) is 63.1 cm³/mol. The Balaban J connectivity index is 2.43. The van der Waals surface area contributed by atoms with Gasteiger partial charge >= 0.3 is 0 Å². The van der Waals surface area contributed by atoms with Gasteiger partial charge in [0.1, 0.15) is 5.82 Å². The van der Waals surface area contributed by atoms with Crippen LogP contribution in [0.25, 0.3) is 0 Å². The predicted octanol–water partition coefficient (Wildman–Crippen LogP) is 2.68. The SMILES string of the molecule is CSCCC(C)Nc1ccnc(Cl)n1. The number of aromatic nitrogens is 2. The molecule has 14 heavy (non-hydrogen) atoms. The van der Waals surface area contributed by atoms with E-state index in [4.69, 9.17) is 11.6 Å². The van der Waals surface area contributed by atoms with Crippen LogP contribution in [0.15, 0.2) is 12.3 Å². The van der Waals surface area contributed by atoms with Crippen LogP contribution in [0.1, 0.15) is 13.3 Å². The molecule has 0 saturated heterocycles. The van der Waals surface area contributed by atoms with Gasteiger partial charge in [0.25, 0.3) is 0 Å². The highest BCUT2D eigenvalue weighted by Crippen LogP contribution is 2.09. The first kappa shape index (κ1) is 11.6. The number of anilines is 1. The molecular weight excluding hydrogens is 218 g/mol. The van der Waals surface area contributed by atoms with Gasteiger partial charge < -0.3 is 5.32 Å². The molecule has 0 aliphatic rings. The molecule has 0 bridgehead atoms. The van der Waals surface area contributed by atoms with E-state index in [1.807, 2.05) is 17.8 Å². The highest BCUT2D eigenvalue weighted by molar-refractivity contribution is 7.98. The number of halogens is 1. The van der Waals surface area contributed by atoms with E-state index in [1.54, 1.807) is 6.20 Å². The molecule has 1 aromatic rings. The Morgan fingerprint density at radius 2 is 2.43 bits per heavy atom. The van der Waals surface area contributed by atoms with Crippen molar-refractivity contribution in [1.29, 1.82) is 0 Å². The van der Waals surface area contributed by atoms with Gasteiger partial charge in [-0.1, -0.05) is 0 Å². The molecule has 0 saturated carbocycles. The molecule has 3 nitrogen and oxygen atoms in total. The van der Waals surface area contributed by atoms with Crippen LogP contribution in [-0.4, -0.2) is 28.0 Å². The lowest BCUT2D eigenvalue weighted by Gasteiger charge is -2.13. The number of rotatable bonds is 5. The number of thioether (sulfide) groups is 1. The van der Waals surface area contributed by atoms with E-state index in [9.17, 15) is 0 Å². The monoisotopic (exact) mass is 231 g/mol. The maximum atomic E-state index is 5.67. The van der Waals surface area contributed by atoms with Crippen molar-refractivity contribution >= 4 is 29.2 Å². The van der Waals surface area contributed by atoms with Gasteiger partial charge in [-0.05, 0) is 43.0 Å². The maximum Gasteiger partial charge on any atom is 0.224 e. The lowest BCUT2D eigenvalue weighted by molar-refractivity contribution is 0.766. The molecule has 0 fully saturated rings. The molecule has 0 spiro atoms. The third-order valence-electron chi connectivity index (χ3n) is 1.78. The minimum Gasteiger partial charge on any atom is -0.367 e. The van der Waals surface area contributed by atoms with Gasteiger partial charge in [-0.25, -0.2) is 9.97 Å². The molecule has 0 radical (unpaired) electrons. The van der Waals surface area contributed by atoms with E-state index in [2.05, 4.69) is 28.5 Å². The summed E-state index contributed by atoms with van der Waals surface area (Å²) in [4.78, 5) is 7.88. The fourth-order valence-electron chi connectivity index (χ4n) is 1.03. The summed E-state index contributed by atoms with van der Waals surface area (Å²) >= 11 is 7.51. The Bertz CT molecular complexity index is 283. The first-order valence-corrected chi connectivity index (χ1v) is 6.23. The Morgan fingerprint density at radius 3 is 3.07 bits per heavy atom. The van der Waals surface area contributed by atoms with E-state index < -0.39 is 0 Å². The van der Waals surface area contributed by atoms with Gasteiger partial charge in [-0.3, -0.25) is 0 Å². The first-order chi connectivity index (χ1) is 6.72. The Labute approximate surface area is 93.7 Å². The summed E-state index contributed by atoms with van der Waals surface area (Å²) in [5.74, 6) is 1.94. The van der Waals surface area contributed by atoms with Crippen LogP contribution in [0.5, 0.6) is 0 Å². The van der Waals surface area contributed by atoms with Crippen LogP contribution >= 0.6 is 23.4 Å². The smallest absolute Gasteiger partial charge is 0.224 e. The fraction of sp³-hybridized carbons (Fsp3) is 0.556. The summed E-state index contributed by atoms with van der Waals surface area (Å²) in [5, 5.41) is 3.55. The van der Waals surface area contributed by atoms with Crippen LogP contribution in [-0.2, 0) is 0 Å². The van der Waals surface area contributed by atoms with Crippen LogP contribution < -0.4 is 5.32 Å². The van der Waals surface area contributed by atoms with Gasteiger partial charge in [-0.2, -0.15) is 11.8 Å². The average Bonchev–Trinajstić information content (AvgIpc) is 2.15. The molecule has 1 unspecified atom stereocenters. The number of nitrogens with one attached hydrogen (secondary N) is 1. The van der Waals surface area contributed by atoms with Gasteiger partial charge in [0.15, 0.2) is 0 Å². The highest BCUT2D eigenvalue weighted by atomic mass is 35.5. The van der Waals surface area contributed by atoms with Gasteiger partial charge in [0, 0.05) is 12.2 Å². The normalized spacial score (nSPS) is 12.5. The molecule has 0 amide bonds. The van der Waals surface area contributed by atoms with Crippen molar-refractivity contribution in [1.82, 2.24) is 9.97 Å². The van der Waals surface area contributed by atoms with Crippen molar-refractivity contribution in [3.63, 3.8) is 0 Å². The molecule has 78 valence electrons. The second kappa shape index (κ2) is 6.09. The van der Waals surface area contributed by atoms with E-state index in [0.29, 0.717) is 6.04 Å². The lowest BCUT2D eigenvalue weighted by Crippen LogP contribution is -2.16. The highest BCUT2D eigenvalue weighted by Gasteiger charge is 2.02. The van der Waals surface area contributed by atoms with Crippen molar-refractivity contribution in [3.05, 3.63) is 17.5 Å². The molecule has 1 N–H and O–H groups in total. The Morgan fingerprint density at radius 1 is 1.64 bits per heavy atom. The van der Waals surface area contributed by atoms with Crippen molar-refractivity contribution in [2.75, 3.05) is 17.3 Å². The zero-order valence-electron chi connectivity index (χ0n) is 8.33. The molecule has 5 heteroatoms. The molecule has 1 heterocycles. The van der Waals surface area contributed by atoms with Gasteiger partial charge in [0.2, 0.25) is 5.28 Å².